The maximum atomic E-state index is 12.4. The van der Waals surface area contributed by atoms with Crippen LogP contribution in [0.5, 0.6) is 0 Å². The van der Waals surface area contributed by atoms with Gasteiger partial charge in [-0.15, -0.1) is 0 Å². The molecule has 2 rings (SSSR count). The number of methoxy groups -OCH3 is 1. The maximum absolute atomic E-state index is 12.4. The van der Waals surface area contributed by atoms with Gasteiger partial charge >= 0.3 is 5.97 Å². The fourth-order valence-electron chi connectivity index (χ4n) is 3.22. The molecule has 0 aromatic heterocycles. The van der Waals surface area contributed by atoms with Crippen molar-refractivity contribution in [1.82, 2.24) is 15.1 Å². The number of nitrogens with one attached hydrogen (secondary N) is 1. The molecule has 1 aliphatic heterocycles. The second-order valence-corrected chi connectivity index (χ2v) is 7.57. The number of nitrogens with zero attached hydrogens (tertiary/aromatic N) is 2. The van der Waals surface area contributed by atoms with Gasteiger partial charge in [0.15, 0.2) is 0 Å². The number of benzene rings is 1. The smallest absolute Gasteiger partial charge is 0.328 e. The number of hydrogen-bond acceptors (Lipinski definition) is 5. The topological polar surface area (TPSA) is 61.9 Å². The zero-order valence-electron chi connectivity index (χ0n) is 16.4. The molecule has 27 heavy (non-hydrogen) atoms. The minimum Gasteiger partial charge on any atom is -0.467 e. The van der Waals surface area contributed by atoms with Crippen molar-refractivity contribution in [3.63, 3.8) is 0 Å². The second kappa shape index (κ2) is 10.6. The van der Waals surface area contributed by atoms with E-state index in [1.54, 1.807) is 0 Å². The van der Waals surface area contributed by atoms with Crippen molar-refractivity contribution < 1.29 is 14.3 Å². The third kappa shape index (κ3) is 6.79. The molecule has 0 aliphatic carbocycles. The summed E-state index contributed by atoms with van der Waals surface area (Å²) in [5, 5.41) is 3.59. The van der Waals surface area contributed by atoms with Crippen molar-refractivity contribution in [2.75, 3.05) is 39.8 Å². The quantitative estimate of drug-likeness (QED) is 0.683. The Morgan fingerprint density at radius 3 is 2.48 bits per heavy atom. The molecule has 2 atom stereocenters. The highest BCUT2D eigenvalue weighted by atomic mass is 35.5. The molecule has 150 valence electrons. The number of ether oxygens (including phenoxy) is 1. The molecule has 6 nitrogen and oxygen atoms in total. The molecule has 1 aromatic rings. The standard InChI is InChI=1S/C20H30ClN3O3/c1-4-15(2)19(20(26)27-3)22-18(25)14-24-10-8-23(9-11-24)13-16-6-5-7-17(21)12-16/h5-7,12,15,19H,4,8-11,13-14H2,1-3H3,(H,22,25)/t15-,19+/m1/s1. The lowest BCUT2D eigenvalue weighted by Crippen LogP contribution is -2.52. The van der Waals surface area contributed by atoms with Gasteiger partial charge in [0.25, 0.3) is 0 Å². The van der Waals surface area contributed by atoms with Crippen LogP contribution in [-0.4, -0.2) is 67.6 Å². The highest BCUT2D eigenvalue weighted by Crippen LogP contribution is 2.14. The Kier molecular flexibility index (Phi) is 8.54. The minimum atomic E-state index is -0.586. The van der Waals surface area contributed by atoms with Gasteiger partial charge in [-0.1, -0.05) is 44.0 Å². The second-order valence-electron chi connectivity index (χ2n) is 7.14. The summed E-state index contributed by atoms with van der Waals surface area (Å²) in [7, 11) is 1.35. The summed E-state index contributed by atoms with van der Waals surface area (Å²) in [5.74, 6) is -0.478. The lowest BCUT2D eigenvalue weighted by Gasteiger charge is -2.34. The molecular weight excluding hydrogens is 366 g/mol. The molecule has 1 saturated heterocycles. The first kappa shape index (κ1) is 21.7. The SMILES string of the molecule is CC[C@@H](C)[C@H](NC(=O)CN1CCN(Cc2cccc(Cl)c2)CC1)C(=O)OC. The molecule has 0 saturated carbocycles. The lowest BCUT2D eigenvalue weighted by molar-refractivity contribution is -0.146. The summed E-state index contributed by atoms with van der Waals surface area (Å²) < 4.78 is 4.82. The lowest BCUT2D eigenvalue weighted by atomic mass is 9.99. The van der Waals surface area contributed by atoms with Crippen LogP contribution < -0.4 is 5.32 Å². The van der Waals surface area contributed by atoms with Gasteiger partial charge in [-0.2, -0.15) is 0 Å². The summed E-state index contributed by atoms with van der Waals surface area (Å²) in [5.41, 5.74) is 1.20. The van der Waals surface area contributed by atoms with Crippen LogP contribution in [0.25, 0.3) is 0 Å². The largest absolute Gasteiger partial charge is 0.467 e. The van der Waals surface area contributed by atoms with E-state index in [0.29, 0.717) is 6.54 Å². The van der Waals surface area contributed by atoms with Crippen LogP contribution in [0, 0.1) is 5.92 Å². The predicted molar refractivity (Wildman–Crippen MR) is 107 cm³/mol. The summed E-state index contributed by atoms with van der Waals surface area (Å²) in [6.45, 7) is 8.52. The third-order valence-electron chi connectivity index (χ3n) is 5.11. The van der Waals surface area contributed by atoms with Gasteiger partial charge in [0.1, 0.15) is 6.04 Å². The number of amides is 1. The Morgan fingerprint density at radius 1 is 1.22 bits per heavy atom. The van der Waals surface area contributed by atoms with E-state index >= 15 is 0 Å². The van der Waals surface area contributed by atoms with Gasteiger partial charge in [-0.05, 0) is 23.6 Å². The molecule has 1 fully saturated rings. The number of hydrogen-bond donors (Lipinski definition) is 1. The molecule has 1 aliphatic rings. The van der Waals surface area contributed by atoms with Gasteiger partial charge in [-0.3, -0.25) is 14.6 Å². The normalized spacial score (nSPS) is 17.9. The van der Waals surface area contributed by atoms with Gasteiger partial charge in [0.2, 0.25) is 5.91 Å². The van der Waals surface area contributed by atoms with E-state index in [4.69, 9.17) is 16.3 Å². The summed E-state index contributed by atoms with van der Waals surface area (Å²) >= 11 is 6.05. The average Bonchev–Trinajstić information content (AvgIpc) is 2.66. The molecule has 0 spiro atoms. The van der Waals surface area contributed by atoms with E-state index in [0.717, 1.165) is 44.2 Å². The Hall–Kier alpha value is -1.63. The molecule has 1 N–H and O–H groups in total. The molecule has 1 amide bonds. The maximum Gasteiger partial charge on any atom is 0.328 e. The Bertz CT molecular complexity index is 633. The average molecular weight is 396 g/mol. The van der Waals surface area contributed by atoms with Gasteiger partial charge < -0.3 is 10.1 Å². The molecule has 0 radical (unpaired) electrons. The van der Waals surface area contributed by atoms with E-state index in [2.05, 4.69) is 21.2 Å². The van der Waals surface area contributed by atoms with E-state index in [9.17, 15) is 9.59 Å². The molecule has 1 heterocycles. The molecule has 7 heteroatoms. The number of rotatable bonds is 8. The van der Waals surface area contributed by atoms with Crippen LogP contribution >= 0.6 is 11.6 Å². The molecule has 1 aromatic carbocycles. The van der Waals surface area contributed by atoms with E-state index < -0.39 is 6.04 Å². The van der Waals surface area contributed by atoms with E-state index in [-0.39, 0.29) is 17.8 Å². The summed E-state index contributed by atoms with van der Waals surface area (Å²) in [6.07, 6.45) is 0.794. The fourth-order valence-corrected chi connectivity index (χ4v) is 3.43. The van der Waals surface area contributed by atoms with Gasteiger partial charge in [-0.25, -0.2) is 4.79 Å². The third-order valence-corrected chi connectivity index (χ3v) is 5.35. The number of carbonyl (C=O) groups is 2. The first-order valence-electron chi connectivity index (χ1n) is 9.49. The highest BCUT2D eigenvalue weighted by molar-refractivity contribution is 6.30. The van der Waals surface area contributed by atoms with Gasteiger partial charge in [0, 0.05) is 37.7 Å². The summed E-state index contributed by atoms with van der Waals surface area (Å²) in [6, 6.07) is 7.32. The Labute approximate surface area is 166 Å². The van der Waals surface area contributed by atoms with Crippen molar-refractivity contribution in [2.24, 2.45) is 5.92 Å². The van der Waals surface area contributed by atoms with Crippen molar-refractivity contribution in [2.45, 2.75) is 32.9 Å². The first-order chi connectivity index (χ1) is 12.9. The van der Waals surface area contributed by atoms with Crippen LogP contribution in [0.4, 0.5) is 0 Å². The minimum absolute atomic E-state index is 0.0379. The first-order valence-corrected chi connectivity index (χ1v) is 9.87. The van der Waals surface area contributed by atoms with Crippen LogP contribution in [0.2, 0.25) is 5.02 Å². The van der Waals surface area contributed by atoms with E-state index in [1.165, 1.54) is 12.7 Å². The molecular formula is C20H30ClN3O3. The van der Waals surface area contributed by atoms with Crippen molar-refractivity contribution in [1.29, 1.82) is 0 Å². The van der Waals surface area contributed by atoms with Crippen LogP contribution in [0.3, 0.4) is 0 Å². The van der Waals surface area contributed by atoms with Crippen molar-refractivity contribution >= 4 is 23.5 Å². The number of piperazine rings is 1. The van der Waals surface area contributed by atoms with E-state index in [1.807, 2.05) is 32.0 Å². The van der Waals surface area contributed by atoms with Crippen LogP contribution in [0.1, 0.15) is 25.8 Å². The van der Waals surface area contributed by atoms with Crippen molar-refractivity contribution in [3.8, 4) is 0 Å². The number of esters is 1. The van der Waals surface area contributed by atoms with Crippen molar-refractivity contribution in [3.05, 3.63) is 34.9 Å². The van der Waals surface area contributed by atoms with Crippen LogP contribution in [-0.2, 0) is 20.9 Å². The Morgan fingerprint density at radius 2 is 1.89 bits per heavy atom. The fraction of sp³-hybridized carbons (Fsp3) is 0.600. The summed E-state index contributed by atoms with van der Waals surface area (Å²) in [4.78, 5) is 28.8. The predicted octanol–water partition coefficient (Wildman–Crippen LogP) is 2.16. The Balaban J connectivity index is 1.78. The highest BCUT2D eigenvalue weighted by Gasteiger charge is 2.27. The zero-order chi connectivity index (χ0) is 19.8. The van der Waals surface area contributed by atoms with Gasteiger partial charge in [0.05, 0.1) is 13.7 Å². The monoisotopic (exact) mass is 395 g/mol. The zero-order valence-corrected chi connectivity index (χ0v) is 17.2. The molecule has 0 unspecified atom stereocenters. The number of carbonyl (C=O) groups excluding carboxylic acids is 2. The molecule has 0 bridgehead atoms. The number of halogens is 1. The van der Waals surface area contributed by atoms with Crippen LogP contribution in [0.15, 0.2) is 24.3 Å².